The number of hydrogen-bond donors (Lipinski definition) is 1. The highest BCUT2D eigenvalue weighted by Crippen LogP contribution is 2.22. The quantitative estimate of drug-likeness (QED) is 0.839. The van der Waals surface area contributed by atoms with Gasteiger partial charge in [-0.3, -0.25) is 5.10 Å². The Bertz CT molecular complexity index is 563. The molecule has 2 aromatic rings. The molecule has 0 saturated heterocycles. The maximum absolute atomic E-state index is 11.5. The maximum atomic E-state index is 11.5. The molecule has 1 heterocycles. The molecule has 2 rings (SSSR count). The summed E-state index contributed by atoms with van der Waals surface area (Å²) >= 11 is 0. The molecule has 0 spiro atoms. The molecule has 0 aliphatic rings. The van der Waals surface area contributed by atoms with Crippen LogP contribution in [0.2, 0.25) is 0 Å². The third kappa shape index (κ3) is 3.13. The SMILES string of the molecule is CCOC(=O)c1cc(-c2cccc(OCC)c2)n[nH]1. The summed E-state index contributed by atoms with van der Waals surface area (Å²) in [4.78, 5) is 11.5. The average Bonchev–Trinajstić information content (AvgIpc) is 2.89. The van der Waals surface area contributed by atoms with E-state index in [1.54, 1.807) is 13.0 Å². The molecule has 0 saturated carbocycles. The van der Waals surface area contributed by atoms with Crippen LogP contribution in [0.15, 0.2) is 30.3 Å². The van der Waals surface area contributed by atoms with Crippen molar-refractivity contribution in [3.63, 3.8) is 0 Å². The Kier molecular flexibility index (Phi) is 4.18. The number of carbonyl (C=O) groups excluding carboxylic acids is 1. The number of carbonyl (C=O) groups is 1. The van der Waals surface area contributed by atoms with Crippen LogP contribution in [-0.4, -0.2) is 29.4 Å². The Hall–Kier alpha value is -2.30. The lowest BCUT2D eigenvalue weighted by atomic mass is 10.1. The molecule has 1 N–H and O–H groups in total. The third-order valence-corrected chi connectivity index (χ3v) is 2.51. The van der Waals surface area contributed by atoms with Crippen LogP contribution < -0.4 is 4.74 Å². The molecule has 0 fully saturated rings. The van der Waals surface area contributed by atoms with E-state index in [0.717, 1.165) is 11.3 Å². The monoisotopic (exact) mass is 260 g/mol. The van der Waals surface area contributed by atoms with Gasteiger partial charge in [-0.05, 0) is 32.0 Å². The van der Waals surface area contributed by atoms with E-state index in [2.05, 4.69) is 10.2 Å². The van der Waals surface area contributed by atoms with Gasteiger partial charge in [0.15, 0.2) is 0 Å². The number of aromatic nitrogens is 2. The highest BCUT2D eigenvalue weighted by Gasteiger charge is 2.11. The van der Waals surface area contributed by atoms with Crippen molar-refractivity contribution < 1.29 is 14.3 Å². The largest absolute Gasteiger partial charge is 0.494 e. The van der Waals surface area contributed by atoms with Crippen molar-refractivity contribution in [3.8, 4) is 17.0 Å². The van der Waals surface area contributed by atoms with Crippen LogP contribution in [0.4, 0.5) is 0 Å². The number of benzene rings is 1. The van der Waals surface area contributed by atoms with E-state index in [-0.39, 0.29) is 0 Å². The summed E-state index contributed by atoms with van der Waals surface area (Å²) in [6, 6.07) is 9.23. The van der Waals surface area contributed by atoms with Gasteiger partial charge in [-0.1, -0.05) is 12.1 Å². The van der Waals surface area contributed by atoms with Crippen LogP contribution in [0.1, 0.15) is 24.3 Å². The van der Waals surface area contributed by atoms with E-state index >= 15 is 0 Å². The van der Waals surface area contributed by atoms with Gasteiger partial charge in [0.2, 0.25) is 0 Å². The Morgan fingerprint density at radius 3 is 2.84 bits per heavy atom. The highest BCUT2D eigenvalue weighted by molar-refractivity contribution is 5.88. The molecule has 0 aliphatic heterocycles. The molecule has 1 aromatic heterocycles. The lowest BCUT2D eigenvalue weighted by Gasteiger charge is -2.03. The summed E-state index contributed by atoms with van der Waals surface area (Å²) in [5, 5.41) is 6.78. The average molecular weight is 260 g/mol. The van der Waals surface area contributed by atoms with Gasteiger partial charge < -0.3 is 9.47 Å². The predicted molar refractivity (Wildman–Crippen MR) is 71.1 cm³/mol. The summed E-state index contributed by atoms with van der Waals surface area (Å²) in [5.41, 5.74) is 1.92. The lowest BCUT2D eigenvalue weighted by Crippen LogP contribution is -2.04. The number of H-pyrrole nitrogens is 1. The molecular formula is C14H16N2O3. The Morgan fingerprint density at radius 1 is 1.26 bits per heavy atom. The van der Waals surface area contributed by atoms with Gasteiger partial charge in [0.1, 0.15) is 11.4 Å². The number of aromatic amines is 1. The van der Waals surface area contributed by atoms with E-state index in [0.29, 0.717) is 24.6 Å². The molecule has 5 nitrogen and oxygen atoms in total. The summed E-state index contributed by atoms with van der Waals surface area (Å²) in [5.74, 6) is 0.378. The van der Waals surface area contributed by atoms with Crippen LogP contribution in [0.5, 0.6) is 5.75 Å². The molecule has 0 bridgehead atoms. The summed E-state index contributed by atoms with van der Waals surface area (Å²) in [6.07, 6.45) is 0. The first-order chi connectivity index (χ1) is 9.24. The van der Waals surface area contributed by atoms with Gasteiger partial charge in [-0.25, -0.2) is 4.79 Å². The zero-order chi connectivity index (χ0) is 13.7. The van der Waals surface area contributed by atoms with Crippen molar-refractivity contribution in [2.75, 3.05) is 13.2 Å². The van der Waals surface area contributed by atoms with E-state index in [9.17, 15) is 4.79 Å². The molecule has 1 aromatic carbocycles. The van der Waals surface area contributed by atoms with Gasteiger partial charge >= 0.3 is 5.97 Å². The summed E-state index contributed by atoms with van der Waals surface area (Å²) in [7, 11) is 0. The lowest BCUT2D eigenvalue weighted by molar-refractivity contribution is 0.0519. The topological polar surface area (TPSA) is 64.2 Å². The molecular weight excluding hydrogens is 244 g/mol. The van der Waals surface area contributed by atoms with Crippen LogP contribution in [0.3, 0.4) is 0 Å². The second kappa shape index (κ2) is 6.04. The van der Waals surface area contributed by atoms with Crippen molar-refractivity contribution in [3.05, 3.63) is 36.0 Å². The molecule has 100 valence electrons. The normalized spacial score (nSPS) is 10.2. The third-order valence-electron chi connectivity index (χ3n) is 2.51. The van der Waals surface area contributed by atoms with Gasteiger partial charge in [0, 0.05) is 5.56 Å². The zero-order valence-electron chi connectivity index (χ0n) is 11.0. The second-order valence-electron chi connectivity index (χ2n) is 3.85. The van der Waals surface area contributed by atoms with Gasteiger partial charge in [0.25, 0.3) is 0 Å². The zero-order valence-corrected chi connectivity index (χ0v) is 11.0. The smallest absolute Gasteiger partial charge is 0.356 e. The molecule has 0 atom stereocenters. The van der Waals surface area contributed by atoms with E-state index in [1.807, 2.05) is 31.2 Å². The first-order valence-corrected chi connectivity index (χ1v) is 6.20. The van der Waals surface area contributed by atoms with Crippen LogP contribution in [0.25, 0.3) is 11.3 Å². The Labute approximate surface area is 111 Å². The molecule has 5 heteroatoms. The molecule has 0 radical (unpaired) electrons. The van der Waals surface area contributed by atoms with Crippen molar-refractivity contribution in [1.82, 2.24) is 10.2 Å². The first kappa shape index (κ1) is 13.1. The highest BCUT2D eigenvalue weighted by atomic mass is 16.5. The minimum atomic E-state index is -0.401. The standard InChI is InChI=1S/C14H16N2O3/c1-3-18-11-7-5-6-10(8-11)12-9-13(16-15-12)14(17)19-4-2/h5-9H,3-4H2,1-2H3,(H,15,16). The number of hydrogen-bond acceptors (Lipinski definition) is 4. The van der Waals surface area contributed by atoms with Gasteiger partial charge in [0.05, 0.1) is 18.9 Å². The Morgan fingerprint density at radius 2 is 2.11 bits per heavy atom. The van der Waals surface area contributed by atoms with E-state index in [1.165, 1.54) is 0 Å². The summed E-state index contributed by atoms with van der Waals surface area (Å²) in [6.45, 7) is 4.64. The first-order valence-electron chi connectivity index (χ1n) is 6.20. The van der Waals surface area contributed by atoms with Gasteiger partial charge in [-0.2, -0.15) is 5.10 Å². The minimum absolute atomic E-state index is 0.340. The van der Waals surface area contributed by atoms with Crippen LogP contribution >= 0.6 is 0 Å². The predicted octanol–water partition coefficient (Wildman–Crippen LogP) is 2.65. The van der Waals surface area contributed by atoms with Crippen molar-refractivity contribution in [1.29, 1.82) is 0 Å². The molecule has 0 unspecified atom stereocenters. The van der Waals surface area contributed by atoms with Gasteiger partial charge in [-0.15, -0.1) is 0 Å². The Balaban J connectivity index is 2.22. The van der Waals surface area contributed by atoms with Crippen LogP contribution in [0, 0.1) is 0 Å². The number of nitrogens with one attached hydrogen (secondary N) is 1. The van der Waals surface area contributed by atoms with Crippen molar-refractivity contribution in [2.45, 2.75) is 13.8 Å². The number of esters is 1. The number of ether oxygens (including phenoxy) is 2. The van der Waals surface area contributed by atoms with Crippen LogP contribution in [-0.2, 0) is 4.74 Å². The number of rotatable bonds is 5. The van der Waals surface area contributed by atoms with Crippen molar-refractivity contribution in [2.24, 2.45) is 0 Å². The fourth-order valence-corrected chi connectivity index (χ4v) is 1.69. The summed E-state index contributed by atoms with van der Waals surface area (Å²) < 4.78 is 10.3. The molecule has 19 heavy (non-hydrogen) atoms. The minimum Gasteiger partial charge on any atom is -0.494 e. The number of nitrogens with zero attached hydrogens (tertiary/aromatic N) is 1. The fourth-order valence-electron chi connectivity index (χ4n) is 1.69. The van der Waals surface area contributed by atoms with E-state index in [4.69, 9.17) is 9.47 Å². The fraction of sp³-hybridized carbons (Fsp3) is 0.286. The molecule has 0 amide bonds. The van der Waals surface area contributed by atoms with Crippen molar-refractivity contribution >= 4 is 5.97 Å². The molecule has 0 aliphatic carbocycles. The second-order valence-corrected chi connectivity index (χ2v) is 3.85. The maximum Gasteiger partial charge on any atom is 0.356 e. The van der Waals surface area contributed by atoms with E-state index < -0.39 is 5.97 Å².